The number of amides is 1. The summed E-state index contributed by atoms with van der Waals surface area (Å²) < 4.78 is 0. The first-order valence-electron chi connectivity index (χ1n) is 3.58. The summed E-state index contributed by atoms with van der Waals surface area (Å²) in [5.74, 6) is 0.0391. The maximum atomic E-state index is 11.1. The number of hydrogen-bond donors (Lipinski definition) is 1. The van der Waals surface area contributed by atoms with E-state index >= 15 is 0 Å². The van der Waals surface area contributed by atoms with Crippen molar-refractivity contribution in [3.05, 3.63) is 15.6 Å². The molecular weight excluding hydrogens is 160 g/mol. The van der Waals surface area contributed by atoms with E-state index in [-0.39, 0.29) is 5.91 Å². The summed E-state index contributed by atoms with van der Waals surface area (Å²) in [5.41, 5.74) is 0.928. The van der Waals surface area contributed by atoms with Crippen molar-refractivity contribution in [3.63, 3.8) is 0 Å². The fourth-order valence-electron chi connectivity index (χ4n) is 1.09. The zero-order chi connectivity index (χ0) is 7.84. The highest BCUT2D eigenvalue weighted by atomic mass is 32.1. The fourth-order valence-corrected chi connectivity index (χ4v) is 2.03. The summed E-state index contributed by atoms with van der Waals surface area (Å²) in [6.07, 6.45) is 0.922. The number of aryl methyl sites for hydroxylation is 1. The van der Waals surface area contributed by atoms with Gasteiger partial charge in [0.05, 0.1) is 17.2 Å². The Morgan fingerprint density at radius 2 is 2.55 bits per heavy atom. The number of nitrogens with zero attached hydrogens (tertiary/aromatic N) is 1. The average molecular weight is 168 g/mol. The van der Waals surface area contributed by atoms with Crippen molar-refractivity contribution in [2.24, 2.45) is 0 Å². The molecule has 58 valence electrons. The van der Waals surface area contributed by atoms with Crippen LogP contribution in [0.3, 0.4) is 0 Å². The normalized spacial score (nSPS) is 14.8. The lowest BCUT2D eigenvalue weighted by Crippen LogP contribution is -2.12. The van der Waals surface area contributed by atoms with Gasteiger partial charge in [-0.15, -0.1) is 11.3 Å². The molecule has 0 spiro atoms. The van der Waals surface area contributed by atoms with Crippen LogP contribution in [0.5, 0.6) is 0 Å². The van der Waals surface area contributed by atoms with Gasteiger partial charge in [0.15, 0.2) is 0 Å². The van der Waals surface area contributed by atoms with E-state index in [0.717, 1.165) is 22.0 Å². The van der Waals surface area contributed by atoms with Gasteiger partial charge in [-0.3, -0.25) is 4.79 Å². The van der Waals surface area contributed by atoms with Crippen LogP contribution in [0.2, 0.25) is 0 Å². The minimum Gasteiger partial charge on any atom is -0.346 e. The third-order valence-corrected chi connectivity index (χ3v) is 2.91. The summed E-state index contributed by atoms with van der Waals surface area (Å²) in [5, 5.41) is 3.79. The van der Waals surface area contributed by atoms with Crippen molar-refractivity contribution in [1.82, 2.24) is 10.3 Å². The topological polar surface area (TPSA) is 42.0 Å². The van der Waals surface area contributed by atoms with Crippen LogP contribution in [-0.4, -0.2) is 10.9 Å². The predicted molar refractivity (Wildman–Crippen MR) is 42.7 cm³/mol. The largest absolute Gasteiger partial charge is 0.346 e. The van der Waals surface area contributed by atoms with Crippen molar-refractivity contribution in [2.45, 2.75) is 19.9 Å². The van der Waals surface area contributed by atoms with E-state index in [2.05, 4.69) is 10.3 Å². The van der Waals surface area contributed by atoms with E-state index in [0.29, 0.717) is 6.54 Å². The fraction of sp³-hybridized carbons (Fsp3) is 0.429. The highest BCUT2D eigenvalue weighted by Gasteiger charge is 2.23. The number of thiazole rings is 1. The molecule has 0 fully saturated rings. The van der Waals surface area contributed by atoms with Gasteiger partial charge in [0.2, 0.25) is 0 Å². The minimum absolute atomic E-state index is 0.0391. The maximum Gasteiger partial charge on any atom is 0.263 e. The van der Waals surface area contributed by atoms with E-state index in [1.54, 1.807) is 0 Å². The molecule has 4 heteroatoms. The number of nitrogens with one attached hydrogen (secondary N) is 1. The number of carbonyl (C=O) groups excluding carboxylic acids is 1. The van der Waals surface area contributed by atoms with Crippen molar-refractivity contribution >= 4 is 17.2 Å². The third kappa shape index (κ3) is 0.939. The molecule has 1 aromatic rings. The second-order valence-electron chi connectivity index (χ2n) is 2.42. The molecule has 11 heavy (non-hydrogen) atoms. The zero-order valence-electron chi connectivity index (χ0n) is 6.18. The van der Waals surface area contributed by atoms with Crippen LogP contribution in [0.15, 0.2) is 0 Å². The lowest BCUT2D eigenvalue weighted by molar-refractivity contribution is 0.0969. The monoisotopic (exact) mass is 168 g/mol. The van der Waals surface area contributed by atoms with Gasteiger partial charge in [-0.05, 0) is 6.42 Å². The quantitative estimate of drug-likeness (QED) is 0.678. The average Bonchev–Trinajstić information content (AvgIpc) is 2.53. The highest BCUT2D eigenvalue weighted by Crippen LogP contribution is 2.22. The Hall–Kier alpha value is -0.900. The van der Waals surface area contributed by atoms with Crippen molar-refractivity contribution in [3.8, 4) is 0 Å². The molecule has 2 heterocycles. The first kappa shape index (κ1) is 6.79. The van der Waals surface area contributed by atoms with Crippen molar-refractivity contribution in [2.75, 3.05) is 0 Å². The molecule has 0 unspecified atom stereocenters. The van der Waals surface area contributed by atoms with E-state index in [1.807, 2.05) is 6.92 Å². The number of fused-ring (bicyclic) bond motifs is 1. The predicted octanol–water partition coefficient (Wildman–Crippen LogP) is 0.949. The highest BCUT2D eigenvalue weighted by molar-refractivity contribution is 7.13. The van der Waals surface area contributed by atoms with E-state index < -0.39 is 0 Å². The van der Waals surface area contributed by atoms with Gasteiger partial charge in [0, 0.05) is 0 Å². The molecule has 1 amide bonds. The van der Waals surface area contributed by atoms with Crippen molar-refractivity contribution < 1.29 is 4.79 Å². The molecule has 2 rings (SSSR count). The third-order valence-electron chi connectivity index (χ3n) is 1.67. The molecule has 3 nitrogen and oxygen atoms in total. The molecule has 0 bridgehead atoms. The van der Waals surface area contributed by atoms with Crippen LogP contribution in [0.1, 0.15) is 27.3 Å². The Morgan fingerprint density at radius 3 is 3.18 bits per heavy atom. The summed E-state index contributed by atoms with van der Waals surface area (Å²) in [4.78, 5) is 16.2. The number of rotatable bonds is 1. The molecule has 0 saturated carbocycles. The molecular formula is C7H8N2OS. The summed E-state index contributed by atoms with van der Waals surface area (Å²) >= 11 is 1.51. The van der Waals surface area contributed by atoms with Crippen LogP contribution in [0.25, 0.3) is 0 Å². The van der Waals surface area contributed by atoms with Crippen LogP contribution in [-0.2, 0) is 13.0 Å². The Balaban J connectivity index is 2.46. The van der Waals surface area contributed by atoms with Crippen LogP contribution in [0, 0.1) is 0 Å². The second-order valence-corrected chi connectivity index (χ2v) is 3.50. The molecule has 1 aromatic heterocycles. The molecule has 1 aliphatic rings. The van der Waals surface area contributed by atoms with Gasteiger partial charge in [-0.2, -0.15) is 0 Å². The Bertz CT molecular complexity index is 305. The lowest BCUT2D eigenvalue weighted by Gasteiger charge is -1.88. The summed E-state index contributed by atoms with van der Waals surface area (Å²) in [6.45, 7) is 2.66. The summed E-state index contributed by atoms with van der Waals surface area (Å²) in [7, 11) is 0. The Morgan fingerprint density at radius 1 is 1.73 bits per heavy atom. The van der Waals surface area contributed by atoms with Crippen molar-refractivity contribution in [1.29, 1.82) is 0 Å². The maximum absolute atomic E-state index is 11.1. The number of aromatic nitrogens is 1. The molecule has 0 atom stereocenters. The number of carbonyl (C=O) groups is 1. The van der Waals surface area contributed by atoms with Crippen LogP contribution in [0.4, 0.5) is 0 Å². The Labute approximate surface area is 68.5 Å². The number of hydrogen-bond acceptors (Lipinski definition) is 3. The Kier molecular flexibility index (Phi) is 1.42. The minimum atomic E-state index is 0.0391. The van der Waals surface area contributed by atoms with Gasteiger partial charge in [-0.25, -0.2) is 4.98 Å². The SMILES string of the molecule is CCc1nc2c(s1)C(=O)NC2. The molecule has 1 N–H and O–H groups in total. The molecule has 0 aliphatic carbocycles. The first-order chi connectivity index (χ1) is 5.31. The van der Waals surface area contributed by atoms with Gasteiger partial charge in [-0.1, -0.05) is 6.92 Å². The molecule has 0 saturated heterocycles. The van der Waals surface area contributed by atoms with Gasteiger partial charge >= 0.3 is 0 Å². The smallest absolute Gasteiger partial charge is 0.263 e. The second kappa shape index (κ2) is 2.30. The lowest BCUT2D eigenvalue weighted by atomic mass is 10.4. The molecule has 0 aromatic carbocycles. The molecule has 1 aliphatic heterocycles. The van der Waals surface area contributed by atoms with Crippen LogP contribution < -0.4 is 5.32 Å². The first-order valence-corrected chi connectivity index (χ1v) is 4.39. The van der Waals surface area contributed by atoms with E-state index in [4.69, 9.17) is 0 Å². The molecule has 0 radical (unpaired) electrons. The summed E-state index contributed by atoms with van der Waals surface area (Å²) in [6, 6.07) is 0. The van der Waals surface area contributed by atoms with E-state index in [1.165, 1.54) is 11.3 Å². The standard InChI is InChI=1S/C7H8N2OS/c1-2-5-9-4-3-8-7(10)6(4)11-5/h2-3H2,1H3,(H,8,10). The zero-order valence-corrected chi connectivity index (χ0v) is 6.99. The van der Waals surface area contributed by atoms with Gasteiger partial charge in [0.25, 0.3) is 5.91 Å². The van der Waals surface area contributed by atoms with Gasteiger partial charge < -0.3 is 5.32 Å². The van der Waals surface area contributed by atoms with E-state index in [9.17, 15) is 4.79 Å². The van der Waals surface area contributed by atoms with Gasteiger partial charge in [0.1, 0.15) is 4.88 Å². The van der Waals surface area contributed by atoms with Crippen LogP contribution >= 0.6 is 11.3 Å².